The minimum atomic E-state index is -2.79. The highest BCUT2D eigenvalue weighted by molar-refractivity contribution is 9.08. The summed E-state index contributed by atoms with van der Waals surface area (Å²) >= 11 is 3.07. The summed E-state index contributed by atoms with van der Waals surface area (Å²) < 4.78 is 29.4. The van der Waals surface area contributed by atoms with Gasteiger partial charge in [0.15, 0.2) is 0 Å². The van der Waals surface area contributed by atoms with E-state index < -0.39 is 23.6 Å². The van der Waals surface area contributed by atoms with Gasteiger partial charge in [-0.05, 0) is 11.6 Å². The number of carbonyl (C=O) groups is 1. The van der Waals surface area contributed by atoms with Crippen LogP contribution in [0.3, 0.4) is 0 Å². The van der Waals surface area contributed by atoms with Crippen LogP contribution in [0.2, 0.25) is 0 Å². The largest absolute Gasteiger partial charge is 0.469 e. The van der Waals surface area contributed by atoms with Crippen molar-refractivity contribution in [1.82, 2.24) is 4.98 Å². The minimum absolute atomic E-state index is 0.179. The smallest absolute Gasteiger partial charge is 0.309 e. The lowest BCUT2D eigenvalue weighted by molar-refractivity contribution is -0.139. The van der Waals surface area contributed by atoms with Crippen molar-refractivity contribution in [1.29, 1.82) is 0 Å². The van der Waals surface area contributed by atoms with Crippen LogP contribution < -0.4 is 5.56 Å². The number of carbonyl (C=O) groups excluding carboxylic acids is 1. The van der Waals surface area contributed by atoms with Crippen LogP contribution >= 0.6 is 15.9 Å². The molecule has 1 heterocycles. The standard InChI is InChI=1S/C10H10BrF2NO3/c1-17-8(15)3-5-2-7(9(12)13)14-10(16)6(5)4-11/h2,9H,3-4H2,1H3,(H,14,16). The van der Waals surface area contributed by atoms with Gasteiger partial charge in [0, 0.05) is 10.9 Å². The van der Waals surface area contributed by atoms with E-state index >= 15 is 0 Å². The number of pyridine rings is 1. The number of alkyl halides is 3. The second kappa shape index (κ2) is 5.90. The molecule has 0 fully saturated rings. The maximum atomic E-state index is 12.5. The van der Waals surface area contributed by atoms with Crippen molar-refractivity contribution in [2.75, 3.05) is 7.11 Å². The number of aromatic amines is 1. The van der Waals surface area contributed by atoms with E-state index in [4.69, 9.17) is 0 Å². The van der Waals surface area contributed by atoms with Crippen LogP contribution in [0.25, 0.3) is 0 Å². The molecule has 0 saturated heterocycles. The maximum Gasteiger partial charge on any atom is 0.309 e. The highest BCUT2D eigenvalue weighted by Crippen LogP contribution is 2.19. The lowest BCUT2D eigenvalue weighted by atomic mass is 10.1. The molecule has 0 radical (unpaired) electrons. The summed E-state index contributed by atoms with van der Waals surface area (Å²) in [5.74, 6) is -0.585. The Labute approximate surface area is 104 Å². The highest BCUT2D eigenvalue weighted by Gasteiger charge is 2.16. The summed E-state index contributed by atoms with van der Waals surface area (Å²) in [6, 6.07) is 1.11. The lowest BCUT2D eigenvalue weighted by Gasteiger charge is -2.08. The van der Waals surface area contributed by atoms with E-state index in [0.29, 0.717) is 0 Å². The van der Waals surface area contributed by atoms with Crippen molar-refractivity contribution in [2.24, 2.45) is 0 Å². The van der Waals surface area contributed by atoms with E-state index in [1.165, 1.54) is 7.11 Å². The Hall–Kier alpha value is -1.24. The normalized spacial score (nSPS) is 10.6. The number of ether oxygens (including phenoxy) is 1. The summed E-state index contributed by atoms with van der Waals surface area (Å²) in [6.45, 7) is 0. The Kier molecular flexibility index (Phi) is 4.80. The second-order valence-corrected chi connectivity index (χ2v) is 3.81. The third kappa shape index (κ3) is 3.36. The fourth-order valence-corrected chi connectivity index (χ4v) is 1.93. The summed E-state index contributed by atoms with van der Waals surface area (Å²) in [5, 5.41) is 0.179. The molecule has 1 rings (SSSR count). The third-order valence-corrected chi connectivity index (χ3v) is 2.74. The first kappa shape index (κ1) is 13.8. The van der Waals surface area contributed by atoms with Gasteiger partial charge in [-0.3, -0.25) is 9.59 Å². The van der Waals surface area contributed by atoms with Crippen LogP contribution in [0.4, 0.5) is 8.78 Å². The first-order valence-electron chi connectivity index (χ1n) is 4.65. The maximum absolute atomic E-state index is 12.5. The van der Waals surface area contributed by atoms with Gasteiger partial charge in [-0.2, -0.15) is 0 Å². The SMILES string of the molecule is COC(=O)Cc1cc(C(F)F)[nH]c(=O)c1CBr. The predicted molar refractivity (Wildman–Crippen MR) is 60.4 cm³/mol. The minimum Gasteiger partial charge on any atom is -0.469 e. The van der Waals surface area contributed by atoms with Gasteiger partial charge in [0.1, 0.15) is 0 Å². The number of hydrogen-bond donors (Lipinski definition) is 1. The number of halogens is 3. The Bertz CT molecular complexity index is 473. The van der Waals surface area contributed by atoms with Crippen molar-refractivity contribution in [3.63, 3.8) is 0 Å². The molecule has 0 bridgehead atoms. The summed E-state index contributed by atoms with van der Waals surface area (Å²) in [5.41, 5.74) is -0.634. The van der Waals surface area contributed by atoms with Gasteiger partial charge in [0.2, 0.25) is 0 Å². The molecule has 1 N–H and O–H groups in total. The van der Waals surface area contributed by atoms with Crippen LogP contribution in [0.15, 0.2) is 10.9 Å². The molecule has 0 amide bonds. The number of esters is 1. The molecule has 7 heteroatoms. The van der Waals surface area contributed by atoms with Crippen molar-refractivity contribution in [3.05, 3.63) is 33.2 Å². The molecule has 0 aliphatic carbocycles. The zero-order valence-electron chi connectivity index (χ0n) is 8.93. The average Bonchev–Trinajstić information content (AvgIpc) is 2.28. The third-order valence-electron chi connectivity index (χ3n) is 2.18. The molecule has 0 aliphatic heterocycles. The summed E-state index contributed by atoms with van der Waals surface area (Å²) in [6.07, 6.45) is -3.00. The number of nitrogens with one attached hydrogen (secondary N) is 1. The van der Waals surface area contributed by atoms with Gasteiger partial charge in [-0.15, -0.1) is 0 Å². The van der Waals surface area contributed by atoms with Crippen molar-refractivity contribution >= 4 is 21.9 Å². The lowest BCUT2D eigenvalue weighted by Crippen LogP contribution is -2.19. The number of H-pyrrole nitrogens is 1. The first-order chi connectivity index (χ1) is 7.99. The Balaban J connectivity index is 3.24. The fraction of sp³-hybridized carbons (Fsp3) is 0.400. The quantitative estimate of drug-likeness (QED) is 0.683. The molecule has 0 spiro atoms. The molecule has 0 unspecified atom stereocenters. The highest BCUT2D eigenvalue weighted by atomic mass is 79.9. The van der Waals surface area contributed by atoms with E-state index in [1.807, 2.05) is 0 Å². The van der Waals surface area contributed by atoms with Gasteiger partial charge in [-0.1, -0.05) is 15.9 Å². The van der Waals surface area contributed by atoms with Crippen LogP contribution in [0.1, 0.15) is 23.2 Å². The number of aromatic nitrogens is 1. The summed E-state index contributed by atoms with van der Waals surface area (Å²) in [4.78, 5) is 24.7. The monoisotopic (exact) mass is 309 g/mol. The van der Waals surface area contributed by atoms with Crippen molar-refractivity contribution in [3.8, 4) is 0 Å². The van der Waals surface area contributed by atoms with Crippen LogP contribution in [0, 0.1) is 0 Å². The van der Waals surface area contributed by atoms with Gasteiger partial charge < -0.3 is 9.72 Å². The number of hydrogen-bond acceptors (Lipinski definition) is 3. The average molecular weight is 310 g/mol. The van der Waals surface area contributed by atoms with Crippen molar-refractivity contribution in [2.45, 2.75) is 18.2 Å². The fourth-order valence-electron chi connectivity index (χ4n) is 1.31. The molecule has 0 saturated carbocycles. The number of rotatable bonds is 4. The van der Waals surface area contributed by atoms with Gasteiger partial charge in [-0.25, -0.2) is 8.78 Å². The molecule has 17 heavy (non-hydrogen) atoms. The van der Waals surface area contributed by atoms with Crippen LogP contribution in [-0.2, 0) is 21.3 Å². The Morgan fingerprint density at radius 1 is 1.59 bits per heavy atom. The molecule has 94 valence electrons. The molecule has 1 aromatic heterocycles. The number of methoxy groups -OCH3 is 1. The van der Waals surface area contributed by atoms with Crippen LogP contribution in [-0.4, -0.2) is 18.1 Å². The van der Waals surface area contributed by atoms with Gasteiger partial charge in [0.05, 0.1) is 19.2 Å². The Morgan fingerprint density at radius 3 is 2.71 bits per heavy atom. The van der Waals surface area contributed by atoms with E-state index in [9.17, 15) is 18.4 Å². The molecule has 0 atom stereocenters. The first-order valence-corrected chi connectivity index (χ1v) is 5.77. The summed E-state index contributed by atoms with van der Waals surface area (Å²) in [7, 11) is 1.19. The molecule has 1 aromatic rings. The van der Waals surface area contributed by atoms with Crippen LogP contribution in [0.5, 0.6) is 0 Å². The predicted octanol–water partition coefficient (Wildman–Crippen LogP) is 1.92. The molecule has 0 aliphatic rings. The Morgan fingerprint density at radius 2 is 2.24 bits per heavy atom. The van der Waals surface area contributed by atoms with E-state index in [1.54, 1.807) is 0 Å². The van der Waals surface area contributed by atoms with E-state index in [0.717, 1.165) is 6.07 Å². The molecular weight excluding hydrogens is 300 g/mol. The molecule has 0 aromatic carbocycles. The molecular formula is C10H10BrF2NO3. The zero-order valence-corrected chi connectivity index (χ0v) is 10.5. The zero-order chi connectivity index (χ0) is 13.0. The van der Waals surface area contributed by atoms with Gasteiger partial charge >= 0.3 is 5.97 Å². The topological polar surface area (TPSA) is 59.2 Å². The van der Waals surface area contributed by atoms with E-state index in [2.05, 4.69) is 25.7 Å². The van der Waals surface area contributed by atoms with Crippen molar-refractivity contribution < 1.29 is 18.3 Å². The van der Waals surface area contributed by atoms with E-state index in [-0.39, 0.29) is 22.9 Å². The molecule has 4 nitrogen and oxygen atoms in total. The second-order valence-electron chi connectivity index (χ2n) is 3.24. The van der Waals surface area contributed by atoms with Gasteiger partial charge in [0.25, 0.3) is 12.0 Å².